The Bertz CT molecular complexity index is 2090. The monoisotopic (exact) mass is 877 g/mol. The number of carbonyl (C=O) groups excluding carboxylic acids is 6. The summed E-state index contributed by atoms with van der Waals surface area (Å²) in [5, 5.41) is 45.5. The van der Waals surface area contributed by atoms with E-state index < -0.39 is 112 Å². The SMILES string of the molecule is CCC(=O)OCc1ccc(NC(=O)[C@H](C)NC(=O)[C@@H](NC(=O)C[C@H](c2cn(CCCS(=O)(=O)O)nn2)N2C(=O)C=CC2=O)C(C)C)cc1CC[C@H]1C[C@@H](O)[C@H](O)[C@@H](C(=O)O)O1. The van der Waals surface area contributed by atoms with Crippen LogP contribution in [0.2, 0.25) is 0 Å². The lowest BCUT2D eigenvalue weighted by atomic mass is 9.93. The molecule has 7 atom stereocenters. The molecule has 1 fully saturated rings. The number of aliphatic hydroxyl groups is 2. The average Bonchev–Trinajstić information content (AvgIpc) is 3.79. The highest BCUT2D eigenvalue weighted by Gasteiger charge is 2.41. The number of carboxylic acids is 1. The molecule has 1 aromatic carbocycles. The number of imide groups is 1. The molecule has 0 bridgehead atoms. The van der Waals surface area contributed by atoms with Gasteiger partial charge in [0.05, 0.1) is 36.6 Å². The summed E-state index contributed by atoms with van der Waals surface area (Å²) in [5.74, 6) is -6.53. The third-order valence-corrected chi connectivity index (χ3v) is 10.7. The smallest absolute Gasteiger partial charge is 0.335 e. The van der Waals surface area contributed by atoms with Crippen LogP contribution in [0.25, 0.3) is 0 Å². The van der Waals surface area contributed by atoms with Crippen molar-refractivity contribution >= 4 is 57.3 Å². The Morgan fingerprint density at radius 1 is 1.02 bits per heavy atom. The van der Waals surface area contributed by atoms with E-state index in [1.165, 1.54) is 17.8 Å². The minimum atomic E-state index is -4.23. The third-order valence-electron chi connectivity index (χ3n) is 9.92. The van der Waals surface area contributed by atoms with Crippen molar-refractivity contribution in [1.29, 1.82) is 0 Å². The second-order valence-electron chi connectivity index (χ2n) is 15.0. The molecule has 1 aromatic heterocycles. The largest absolute Gasteiger partial charge is 0.479 e. The number of aromatic nitrogens is 3. The summed E-state index contributed by atoms with van der Waals surface area (Å²) in [6, 6.07) is 1.18. The Morgan fingerprint density at radius 2 is 1.70 bits per heavy atom. The number of amides is 5. The van der Waals surface area contributed by atoms with Crippen LogP contribution < -0.4 is 16.0 Å². The maximum Gasteiger partial charge on any atom is 0.335 e. The van der Waals surface area contributed by atoms with E-state index in [2.05, 4.69) is 26.3 Å². The van der Waals surface area contributed by atoms with E-state index in [0.29, 0.717) is 16.8 Å². The summed E-state index contributed by atoms with van der Waals surface area (Å²) in [4.78, 5) is 90.0. The molecule has 4 rings (SSSR count). The number of aryl methyl sites for hydroxylation is 2. The molecule has 3 heterocycles. The number of hydrogen-bond donors (Lipinski definition) is 7. The molecule has 23 heteroatoms. The van der Waals surface area contributed by atoms with E-state index in [-0.39, 0.29) is 50.9 Å². The predicted octanol–water partition coefficient (Wildman–Crippen LogP) is -0.454. The molecule has 2 aliphatic heterocycles. The van der Waals surface area contributed by atoms with Crippen molar-refractivity contribution in [3.63, 3.8) is 0 Å². The van der Waals surface area contributed by atoms with Crippen molar-refractivity contribution in [2.75, 3.05) is 11.1 Å². The number of anilines is 1. The van der Waals surface area contributed by atoms with Gasteiger partial charge in [-0.15, -0.1) is 5.10 Å². The third kappa shape index (κ3) is 13.7. The second kappa shape index (κ2) is 21.3. The van der Waals surface area contributed by atoms with Crippen LogP contribution in [0.4, 0.5) is 5.69 Å². The summed E-state index contributed by atoms with van der Waals surface area (Å²) in [6.45, 7) is 6.24. The summed E-state index contributed by atoms with van der Waals surface area (Å²) in [7, 11) is -4.23. The van der Waals surface area contributed by atoms with Crippen molar-refractivity contribution in [3.05, 3.63) is 53.4 Å². The van der Waals surface area contributed by atoms with Gasteiger partial charge in [0, 0.05) is 37.2 Å². The number of nitrogens with one attached hydrogen (secondary N) is 3. The maximum atomic E-state index is 13.5. The zero-order valence-corrected chi connectivity index (χ0v) is 34.7. The number of ether oxygens (including phenoxy) is 2. The topological polar surface area (TPSA) is 323 Å². The number of carbonyl (C=O) groups is 7. The molecule has 1 saturated heterocycles. The number of esters is 1. The standard InChI is InChI=1S/C38H51N7O15S/c1-5-32(50)59-19-23-7-9-24(15-22(23)8-10-25-16-28(46)34(51)35(60-25)38(54)55)40-36(52)21(4)39-37(53)33(20(2)3)41-29(47)17-27(45-30(48)11-12-31(45)49)26-18-44(43-42-26)13-6-14-61(56,57)58/h7,9,11-12,15,18,20-21,25,27-28,33-35,46,51H,5-6,8,10,13-14,16-17,19H2,1-4H3,(H,39,53)(H,40,52)(H,41,47)(H,54,55)(H,56,57,58)/t21-,25-,27+,28+,33-,34-,35-/m0/s1. The fourth-order valence-electron chi connectivity index (χ4n) is 6.59. The number of aliphatic hydroxyl groups excluding tert-OH is 2. The van der Waals surface area contributed by atoms with Crippen LogP contribution in [0.15, 0.2) is 36.5 Å². The molecule has 0 saturated carbocycles. The zero-order valence-electron chi connectivity index (χ0n) is 33.9. The minimum absolute atomic E-state index is 0.000439. The number of carboxylic acid groups (broad SMARTS) is 1. The van der Waals surface area contributed by atoms with Gasteiger partial charge in [0.25, 0.3) is 21.9 Å². The molecule has 2 aromatic rings. The van der Waals surface area contributed by atoms with Gasteiger partial charge in [0.1, 0.15) is 30.5 Å². The first-order valence-corrected chi connectivity index (χ1v) is 21.1. The average molecular weight is 878 g/mol. The van der Waals surface area contributed by atoms with Crippen molar-refractivity contribution in [2.24, 2.45) is 5.92 Å². The van der Waals surface area contributed by atoms with E-state index >= 15 is 0 Å². The molecule has 5 amide bonds. The summed E-state index contributed by atoms with van der Waals surface area (Å²) >= 11 is 0. The first-order valence-electron chi connectivity index (χ1n) is 19.5. The Morgan fingerprint density at radius 3 is 2.33 bits per heavy atom. The molecular weight excluding hydrogens is 827 g/mol. The van der Waals surface area contributed by atoms with Gasteiger partial charge in [-0.1, -0.05) is 32.1 Å². The van der Waals surface area contributed by atoms with Gasteiger partial charge in [-0.3, -0.25) is 42.9 Å². The lowest BCUT2D eigenvalue weighted by Gasteiger charge is -2.35. The van der Waals surface area contributed by atoms with Crippen LogP contribution in [0, 0.1) is 5.92 Å². The van der Waals surface area contributed by atoms with Crippen LogP contribution in [-0.4, -0.2) is 132 Å². The van der Waals surface area contributed by atoms with Crippen LogP contribution in [0.5, 0.6) is 0 Å². The fraction of sp³-hybridized carbons (Fsp3) is 0.553. The van der Waals surface area contributed by atoms with Gasteiger partial charge in [-0.05, 0) is 55.4 Å². The molecular formula is C38H51N7O15S. The van der Waals surface area contributed by atoms with E-state index in [0.717, 1.165) is 17.1 Å². The normalized spacial score (nSPS) is 20.6. The van der Waals surface area contributed by atoms with Gasteiger partial charge >= 0.3 is 11.9 Å². The highest BCUT2D eigenvalue weighted by molar-refractivity contribution is 7.85. The number of rotatable bonds is 21. The quantitative estimate of drug-likeness (QED) is 0.0474. The van der Waals surface area contributed by atoms with Gasteiger partial charge in [-0.2, -0.15) is 8.42 Å². The molecule has 61 heavy (non-hydrogen) atoms. The second-order valence-corrected chi connectivity index (χ2v) is 16.6. The van der Waals surface area contributed by atoms with Crippen molar-refractivity contribution in [1.82, 2.24) is 30.5 Å². The first kappa shape index (κ1) is 48.1. The number of hydrogen-bond acceptors (Lipinski definition) is 15. The highest BCUT2D eigenvalue weighted by Crippen LogP contribution is 2.28. The van der Waals surface area contributed by atoms with Gasteiger partial charge < -0.3 is 40.7 Å². The van der Waals surface area contributed by atoms with E-state index in [4.69, 9.17) is 14.0 Å². The molecule has 334 valence electrons. The van der Waals surface area contributed by atoms with Crippen LogP contribution in [-0.2, 0) is 72.7 Å². The summed E-state index contributed by atoms with van der Waals surface area (Å²) in [6.07, 6.45) is -1.96. The molecule has 0 radical (unpaired) electrons. The van der Waals surface area contributed by atoms with Crippen LogP contribution in [0.3, 0.4) is 0 Å². The Balaban J connectivity index is 1.42. The van der Waals surface area contributed by atoms with Crippen molar-refractivity contribution in [2.45, 2.75) is 122 Å². The van der Waals surface area contributed by atoms with Crippen LogP contribution in [0.1, 0.15) is 82.7 Å². The van der Waals surface area contributed by atoms with E-state index in [9.17, 15) is 57.3 Å². The highest BCUT2D eigenvalue weighted by atomic mass is 32.2. The van der Waals surface area contributed by atoms with Crippen molar-refractivity contribution < 1.29 is 71.3 Å². The van der Waals surface area contributed by atoms with Crippen molar-refractivity contribution in [3.8, 4) is 0 Å². The van der Waals surface area contributed by atoms with E-state index in [1.54, 1.807) is 39.0 Å². The number of benzene rings is 1. The number of nitrogens with zero attached hydrogens (tertiary/aromatic N) is 4. The minimum Gasteiger partial charge on any atom is -0.479 e. The van der Waals surface area contributed by atoms with Crippen LogP contribution >= 0.6 is 0 Å². The Hall–Kier alpha value is -5.62. The molecule has 7 N–H and O–H groups in total. The molecule has 0 spiro atoms. The van der Waals surface area contributed by atoms with Gasteiger partial charge in [0.15, 0.2) is 6.10 Å². The molecule has 0 aliphatic carbocycles. The van der Waals surface area contributed by atoms with Gasteiger partial charge in [-0.25, -0.2) is 4.79 Å². The number of aliphatic carboxylic acids is 1. The zero-order chi connectivity index (χ0) is 45.2. The van der Waals surface area contributed by atoms with Gasteiger partial charge in [0.2, 0.25) is 17.7 Å². The lowest BCUT2D eigenvalue weighted by molar-refractivity contribution is -0.193. The Kier molecular flexibility index (Phi) is 16.7. The summed E-state index contributed by atoms with van der Waals surface area (Å²) in [5.41, 5.74) is 1.50. The Labute approximate surface area is 350 Å². The molecule has 0 unspecified atom stereocenters. The summed E-state index contributed by atoms with van der Waals surface area (Å²) < 4.78 is 43.3. The lowest BCUT2D eigenvalue weighted by Crippen LogP contribution is -2.54. The maximum absolute atomic E-state index is 13.5. The first-order chi connectivity index (χ1) is 28.7. The fourth-order valence-corrected chi connectivity index (χ4v) is 7.09. The predicted molar refractivity (Wildman–Crippen MR) is 210 cm³/mol. The molecule has 22 nitrogen and oxygen atoms in total. The van der Waals surface area contributed by atoms with E-state index in [1.807, 2.05) is 0 Å². The molecule has 2 aliphatic rings.